The van der Waals surface area contributed by atoms with Gasteiger partial charge in [-0.05, 0) is 52.4 Å². The third kappa shape index (κ3) is 4.95. The molecule has 1 spiro atoms. The first-order valence-electron chi connectivity index (χ1n) is 13.6. The Bertz CT molecular complexity index is 1490. The van der Waals surface area contributed by atoms with E-state index in [9.17, 15) is 9.59 Å². The minimum Gasteiger partial charge on any atom is -0.305 e. The summed E-state index contributed by atoms with van der Waals surface area (Å²) in [7, 11) is 0. The number of hydrogen-bond donors (Lipinski definition) is 0. The highest BCUT2D eigenvalue weighted by atomic mass is 16.2. The van der Waals surface area contributed by atoms with Crippen LogP contribution in [0.2, 0.25) is 0 Å². The summed E-state index contributed by atoms with van der Waals surface area (Å²) < 4.78 is 0. The molecule has 0 radical (unpaired) electrons. The summed E-state index contributed by atoms with van der Waals surface area (Å²) in [6.45, 7) is 3.00. The van der Waals surface area contributed by atoms with E-state index in [1.807, 2.05) is 59.5 Å². The van der Waals surface area contributed by atoms with Crippen LogP contribution in [0.15, 0.2) is 103 Å². The fourth-order valence-corrected chi connectivity index (χ4v) is 5.93. The number of rotatable bonds is 7. The van der Waals surface area contributed by atoms with Gasteiger partial charge in [0.15, 0.2) is 0 Å². The van der Waals surface area contributed by atoms with Crippen molar-refractivity contribution in [3.05, 3.63) is 120 Å². The number of pyridine rings is 1. The first-order valence-corrected chi connectivity index (χ1v) is 13.6. The Hall–Kier alpha value is -4.29. The molecule has 0 atom stereocenters. The number of aromatic nitrogens is 1. The standard InChI is InChI=1S/C33H32N4O2/c38-31-33(17-22-35(23-18-33)25-29-13-6-12-28-11-4-5-14-30(28)29)37(24-27-15-19-34-20-16-27)32(39)36(31)21-7-10-26-8-2-1-3-9-26/h1-16,19-20H,17-18,21-25H2. The number of hydrogen-bond acceptors (Lipinski definition) is 4. The molecule has 2 aliphatic heterocycles. The van der Waals surface area contributed by atoms with Crippen LogP contribution in [0.4, 0.5) is 4.79 Å². The largest absolute Gasteiger partial charge is 0.328 e. The SMILES string of the molecule is O=C1N(CC=Cc2ccccc2)C(=O)C2(CCN(Cc3cccc4ccccc34)CC2)N1Cc1ccncc1. The number of nitrogens with zero attached hydrogens (tertiary/aromatic N) is 4. The molecule has 39 heavy (non-hydrogen) atoms. The third-order valence-electron chi connectivity index (χ3n) is 8.07. The Balaban J connectivity index is 1.22. The molecule has 3 heterocycles. The van der Waals surface area contributed by atoms with Gasteiger partial charge in [-0.15, -0.1) is 0 Å². The molecule has 196 valence electrons. The number of imide groups is 1. The molecule has 0 N–H and O–H groups in total. The van der Waals surface area contributed by atoms with Crippen LogP contribution in [0.25, 0.3) is 16.8 Å². The second-order valence-corrected chi connectivity index (χ2v) is 10.4. The van der Waals surface area contributed by atoms with Gasteiger partial charge < -0.3 is 4.90 Å². The lowest BCUT2D eigenvalue weighted by molar-refractivity contribution is -0.135. The molecule has 6 nitrogen and oxygen atoms in total. The van der Waals surface area contributed by atoms with Crippen LogP contribution in [-0.4, -0.2) is 56.8 Å². The number of amides is 3. The van der Waals surface area contributed by atoms with Crippen molar-refractivity contribution in [3.63, 3.8) is 0 Å². The average molecular weight is 517 g/mol. The van der Waals surface area contributed by atoms with Crippen molar-refractivity contribution in [3.8, 4) is 0 Å². The summed E-state index contributed by atoms with van der Waals surface area (Å²) in [5, 5.41) is 2.51. The second kappa shape index (κ2) is 10.8. The highest BCUT2D eigenvalue weighted by Crippen LogP contribution is 2.39. The molecule has 1 aromatic heterocycles. The summed E-state index contributed by atoms with van der Waals surface area (Å²) in [4.78, 5) is 37.5. The molecular formula is C33H32N4O2. The Morgan fingerprint density at radius 2 is 1.51 bits per heavy atom. The molecule has 2 aliphatic rings. The van der Waals surface area contributed by atoms with Gasteiger partial charge in [0, 0.05) is 45.1 Å². The number of piperidine rings is 1. The van der Waals surface area contributed by atoms with Crippen molar-refractivity contribution < 1.29 is 9.59 Å². The minimum atomic E-state index is -0.823. The quantitative estimate of drug-likeness (QED) is 0.294. The molecule has 2 fully saturated rings. The van der Waals surface area contributed by atoms with Crippen LogP contribution in [0, 0.1) is 0 Å². The molecule has 0 bridgehead atoms. The molecule has 0 saturated carbocycles. The smallest absolute Gasteiger partial charge is 0.305 e. The monoisotopic (exact) mass is 516 g/mol. The van der Waals surface area contributed by atoms with E-state index in [1.54, 1.807) is 12.4 Å². The lowest BCUT2D eigenvalue weighted by atomic mass is 9.85. The number of carbonyl (C=O) groups is 2. The second-order valence-electron chi connectivity index (χ2n) is 10.4. The fourth-order valence-electron chi connectivity index (χ4n) is 5.93. The van der Waals surface area contributed by atoms with E-state index in [4.69, 9.17) is 0 Å². The first-order chi connectivity index (χ1) is 19.1. The summed E-state index contributed by atoms with van der Waals surface area (Å²) in [6.07, 6.45) is 8.57. The van der Waals surface area contributed by atoms with Gasteiger partial charge in [0.25, 0.3) is 5.91 Å². The van der Waals surface area contributed by atoms with E-state index < -0.39 is 5.54 Å². The van der Waals surface area contributed by atoms with Crippen molar-refractivity contribution >= 4 is 28.8 Å². The molecule has 0 unspecified atom stereocenters. The van der Waals surface area contributed by atoms with Crippen LogP contribution >= 0.6 is 0 Å². The molecular weight excluding hydrogens is 484 g/mol. The van der Waals surface area contributed by atoms with E-state index in [0.717, 1.165) is 30.8 Å². The number of fused-ring (bicyclic) bond motifs is 1. The van der Waals surface area contributed by atoms with Gasteiger partial charge in [0.1, 0.15) is 5.54 Å². The van der Waals surface area contributed by atoms with Gasteiger partial charge in [-0.25, -0.2) is 4.79 Å². The molecule has 6 rings (SSSR count). The Labute approximate surface area is 229 Å². The molecule has 3 aromatic carbocycles. The highest BCUT2D eigenvalue weighted by molar-refractivity contribution is 6.07. The van der Waals surface area contributed by atoms with E-state index >= 15 is 0 Å². The zero-order valence-corrected chi connectivity index (χ0v) is 21.9. The van der Waals surface area contributed by atoms with Crippen molar-refractivity contribution in [1.82, 2.24) is 19.7 Å². The first kappa shape index (κ1) is 25.0. The maximum atomic E-state index is 14.0. The zero-order valence-electron chi connectivity index (χ0n) is 21.9. The number of likely N-dealkylation sites (tertiary alicyclic amines) is 1. The summed E-state index contributed by atoms with van der Waals surface area (Å²) >= 11 is 0. The number of benzene rings is 3. The lowest BCUT2D eigenvalue weighted by Crippen LogP contribution is -2.56. The topological polar surface area (TPSA) is 56.8 Å². The molecule has 2 saturated heterocycles. The summed E-state index contributed by atoms with van der Waals surface area (Å²) in [5.41, 5.74) is 2.49. The number of carbonyl (C=O) groups excluding carboxylic acids is 2. The normalized spacial score (nSPS) is 17.6. The van der Waals surface area contributed by atoms with Gasteiger partial charge >= 0.3 is 6.03 Å². The van der Waals surface area contributed by atoms with Crippen molar-refractivity contribution in [2.24, 2.45) is 0 Å². The van der Waals surface area contributed by atoms with Gasteiger partial charge in [-0.2, -0.15) is 0 Å². The van der Waals surface area contributed by atoms with Gasteiger partial charge in [-0.1, -0.05) is 84.9 Å². The van der Waals surface area contributed by atoms with Crippen molar-refractivity contribution in [1.29, 1.82) is 0 Å². The summed E-state index contributed by atoms with van der Waals surface area (Å²) in [6, 6.07) is 28.5. The third-order valence-corrected chi connectivity index (χ3v) is 8.07. The molecule has 3 amide bonds. The highest BCUT2D eigenvalue weighted by Gasteiger charge is 2.57. The van der Waals surface area contributed by atoms with Gasteiger partial charge in [-0.3, -0.25) is 19.6 Å². The van der Waals surface area contributed by atoms with E-state index in [0.29, 0.717) is 19.4 Å². The van der Waals surface area contributed by atoms with Crippen molar-refractivity contribution in [2.45, 2.75) is 31.5 Å². The predicted octanol–water partition coefficient (Wildman–Crippen LogP) is 5.75. The summed E-state index contributed by atoms with van der Waals surface area (Å²) in [5.74, 6) is -0.0796. The molecule has 6 heteroatoms. The van der Waals surface area contributed by atoms with Crippen LogP contribution in [0.3, 0.4) is 0 Å². The van der Waals surface area contributed by atoms with E-state index in [2.05, 4.69) is 52.3 Å². The minimum absolute atomic E-state index is 0.0796. The van der Waals surface area contributed by atoms with Crippen LogP contribution < -0.4 is 0 Å². The van der Waals surface area contributed by atoms with Gasteiger partial charge in [0.2, 0.25) is 0 Å². The van der Waals surface area contributed by atoms with Gasteiger partial charge in [0.05, 0.1) is 0 Å². The molecule has 0 aliphatic carbocycles. The fraction of sp³-hybridized carbons (Fsp3) is 0.242. The molecule has 4 aromatic rings. The van der Waals surface area contributed by atoms with Crippen LogP contribution in [-0.2, 0) is 17.9 Å². The Kier molecular flexibility index (Phi) is 6.95. The Morgan fingerprint density at radius 3 is 2.31 bits per heavy atom. The zero-order chi connectivity index (χ0) is 26.7. The van der Waals surface area contributed by atoms with E-state index in [-0.39, 0.29) is 18.5 Å². The maximum absolute atomic E-state index is 14.0. The number of urea groups is 1. The average Bonchev–Trinajstić information content (AvgIpc) is 3.16. The predicted molar refractivity (Wildman–Crippen MR) is 154 cm³/mol. The van der Waals surface area contributed by atoms with E-state index in [1.165, 1.54) is 21.2 Å². The van der Waals surface area contributed by atoms with Crippen molar-refractivity contribution in [2.75, 3.05) is 19.6 Å². The van der Waals surface area contributed by atoms with Crippen LogP contribution in [0.1, 0.15) is 29.5 Å². The van der Waals surface area contributed by atoms with Crippen LogP contribution in [0.5, 0.6) is 0 Å². The lowest BCUT2D eigenvalue weighted by Gasteiger charge is -2.42. The Morgan fingerprint density at radius 1 is 0.795 bits per heavy atom. The maximum Gasteiger partial charge on any atom is 0.328 e.